The van der Waals surface area contributed by atoms with Gasteiger partial charge >= 0.3 is 0 Å². The van der Waals surface area contributed by atoms with E-state index >= 15 is 0 Å². The SMILES string of the molecule is CCC(=O)NCCOc1ccc([C@@H]2CC[C@@]3(C)C(=O)N[C@H](C)[C@H]3[C@H]2c2ccc(Cl)cc2)c(Cl)c1. The maximum atomic E-state index is 12.9. The first kappa shape index (κ1) is 24.9. The monoisotopic (exact) mass is 502 g/mol. The molecule has 0 bridgehead atoms. The van der Waals surface area contributed by atoms with Gasteiger partial charge in [-0.3, -0.25) is 9.59 Å². The Balaban J connectivity index is 1.61. The Morgan fingerprint density at radius 3 is 2.62 bits per heavy atom. The molecule has 1 saturated heterocycles. The predicted octanol–water partition coefficient (Wildman–Crippen LogP) is 5.70. The molecule has 0 spiro atoms. The molecule has 2 aliphatic rings. The Hall–Kier alpha value is -2.24. The summed E-state index contributed by atoms with van der Waals surface area (Å²) in [5.74, 6) is 1.26. The molecule has 1 heterocycles. The summed E-state index contributed by atoms with van der Waals surface area (Å²) in [6, 6.07) is 13.9. The highest BCUT2D eigenvalue weighted by molar-refractivity contribution is 6.31. The van der Waals surface area contributed by atoms with Crippen LogP contribution in [0.2, 0.25) is 10.0 Å². The van der Waals surface area contributed by atoms with Crippen LogP contribution in [0, 0.1) is 11.3 Å². The molecule has 34 heavy (non-hydrogen) atoms. The number of carbonyl (C=O) groups is 2. The van der Waals surface area contributed by atoms with Gasteiger partial charge < -0.3 is 15.4 Å². The Bertz CT molecular complexity index is 1060. The number of amides is 2. The van der Waals surface area contributed by atoms with Crippen LogP contribution in [-0.2, 0) is 9.59 Å². The van der Waals surface area contributed by atoms with Gasteiger partial charge in [0.2, 0.25) is 11.8 Å². The third-order valence-corrected chi connectivity index (χ3v) is 8.17. The average Bonchev–Trinajstić information content (AvgIpc) is 3.05. The van der Waals surface area contributed by atoms with Crippen LogP contribution in [-0.4, -0.2) is 31.0 Å². The molecule has 2 aromatic carbocycles. The molecule has 4 rings (SSSR count). The Labute approximate surface area is 211 Å². The second-order valence-electron chi connectivity index (χ2n) is 9.66. The summed E-state index contributed by atoms with van der Waals surface area (Å²) in [5, 5.41) is 7.36. The standard InChI is InChI=1S/C27H32Cl2N2O3/c1-4-23(32)30-13-14-34-19-9-10-20(22(29)15-19)21-11-12-27(3)25(16(2)31-26(27)33)24(21)17-5-7-18(28)8-6-17/h5-10,15-16,21,24-25H,4,11-14H2,1-3H3,(H,30,32)(H,31,33)/t16-,21+,24+,25+,27-/m1/s1. The summed E-state index contributed by atoms with van der Waals surface area (Å²) in [7, 11) is 0. The van der Waals surface area contributed by atoms with Crippen LogP contribution in [0.1, 0.15) is 63.0 Å². The van der Waals surface area contributed by atoms with Gasteiger partial charge in [-0.15, -0.1) is 0 Å². The van der Waals surface area contributed by atoms with Gasteiger partial charge in [-0.1, -0.05) is 55.2 Å². The van der Waals surface area contributed by atoms with Gasteiger partial charge in [0.25, 0.3) is 0 Å². The van der Waals surface area contributed by atoms with Crippen LogP contribution in [0.4, 0.5) is 0 Å². The Morgan fingerprint density at radius 2 is 1.94 bits per heavy atom. The summed E-state index contributed by atoms with van der Waals surface area (Å²) >= 11 is 13.0. The van der Waals surface area contributed by atoms with Crippen molar-refractivity contribution in [2.45, 2.75) is 57.9 Å². The van der Waals surface area contributed by atoms with Crippen LogP contribution in [0.15, 0.2) is 42.5 Å². The van der Waals surface area contributed by atoms with E-state index in [-0.39, 0.29) is 35.6 Å². The highest BCUT2D eigenvalue weighted by Crippen LogP contribution is 2.59. The lowest BCUT2D eigenvalue weighted by Gasteiger charge is -2.46. The molecule has 0 radical (unpaired) electrons. The number of hydrogen-bond donors (Lipinski definition) is 2. The second-order valence-corrected chi connectivity index (χ2v) is 10.5. The summed E-state index contributed by atoms with van der Waals surface area (Å²) in [5.41, 5.74) is 1.84. The second kappa shape index (κ2) is 10.2. The summed E-state index contributed by atoms with van der Waals surface area (Å²) in [4.78, 5) is 24.3. The molecule has 5 atom stereocenters. The number of halogens is 2. The zero-order valence-electron chi connectivity index (χ0n) is 19.9. The molecule has 5 nitrogen and oxygen atoms in total. The molecule has 0 aromatic heterocycles. The molecule has 1 aliphatic heterocycles. The minimum Gasteiger partial charge on any atom is -0.492 e. The first-order chi connectivity index (χ1) is 16.2. The van der Waals surface area contributed by atoms with Crippen molar-refractivity contribution in [3.8, 4) is 5.75 Å². The number of nitrogens with one attached hydrogen (secondary N) is 2. The zero-order chi connectivity index (χ0) is 24.5. The largest absolute Gasteiger partial charge is 0.492 e. The van der Waals surface area contributed by atoms with Gasteiger partial charge in [-0.05, 0) is 67.0 Å². The number of hydrogen-bond acceptors (Lipinski definition) is 3. The lowest BCUT2D eigenvalue weighted by molar-refractivity contribution is -0.129. The van der Waals surface area contributed by atoms with E-state index in [1.165, 1.54) is 5.56 Å². The van der Waals surface area contributed by atoms with E-state index in [2.05, 4.69) is 36.6 Å². The molecular formula is C27H32Cl2N2O3. The van der Waals surface area contributed by atoms with Gasteiger partial charge in [0.05, 0.1) is 12.0 Å². The van der Waals surface area contributed by atoms with E-state index in [9.17, 15) is 9.59 Å². The van der Waals surface area contributed by atoms with E-state index in [1.54, 1.807) is 0 Å². The minimum absolute atomic E-state index is 0.00336. The number of ether oxygens (including phenoxy) is 1. The maximum Gasteiger partial charge on any atom is 0.226 e. The van der Waals surface area contributed by atoms with Gasteiger partial charge in [0.15, 0.2) is 0 Å². The van der Waals surface area contributed by atoms with Gasteiger partial charge in [0, 0.05) is 28.4 Å². The van der Waals surface area contributed by atoms with Crippen molar-refractivity contribution in [3.05, 3.63) is 63.6 Å². The molecular weight excluding hydrogens is 471 g/mol. The van der Waals surface area contributed by atoms with Crippen molar-refractivity contribution < 1.29 is 14.3 Å². The lowest BCUT2D eigenvalue weighted by atomic mass is 9.56. The molecule has 1 saturated carbocycles. The van der Waals surface area contributed by atoms with Crippen LogP contribution >= 0.6 is 23.2 Å². The van der Waals surface area contributed by atoms with Crippen molar-refractivity contribution in [3.63, 3.8) is 0 Å². The van der Waals surface area contributed by atoms with Crippen molar-refractivity contribution in [1.29, 1.82) is 0 Å². The van der Waals surface area contributed by atoms with Crippen LogP contribution in [0.5, 0.6) is 5.75 Å². The molecule has 7 heteroatoms. The Morgan fingerprint density at radius 1 is 1.21 bits per heavy atom. The molecule has 2 aromatic rings. The molecule has 0 unspecified atom stereocenters. The van der Waals surface area contributed by atoms with Crippen molar-refractivity contribution in [1.82, 2.24) is 10.6 Å². The number of fused-ring (bicyclic) bond motifs is 1. The van der Waals surface area contributed by atoms with Crippen molar-refractivity contribution in [2.24, 2.45) is 11.3 Å². The fraction of sp³-hybridized carbons (Fsp3) is 0.481. The molecule has 2 N–H and O–H groups in total. The average molecular weight is 503 g/mol. The topological polar surface area (TPSA) is 67.4 Å². The van der Waals surface area contributed by atoms with Crippen molar-refractivity contribution >= 4 is 35.0 Å². The fourth-order valence-electron chi connectivity index (χ4n) is 5.89. The first-order valence-corrected chi connectivity index (χ1v) is 12.8. The first-order valence-electron chi connectivity index (χ1n) is 12.0. The normalized spacial score (nSPS) is 28.2. The quantitative estimate of drug-likeness (QED) is 0.477. The third-order valence-electron chi connectivity index (χ3n) is 7.59. The lowest BCUT2D eigenvalue weighted by Crippen LogP contribution is -2.42. The maximum absolute atomic E-state index is 12.9. The summed E-state index contributed by atoms with van der Waals surface area (Å²) in [6.07, 6.45) is 2.13. The highest BCUT2D eigenvalue weighted by atomic mass is 35.5. The number of rotatable bonds is 7. The number of benzene rings is 2. The molecule has 182 valence electrons. The van der Waals surface area contributed by atoms with Gasteiger partial charge in [-0.2, -0.15) is 0 Å². The van der Waals surface area contributed by atoms with Crippen LogP contribution in [0.3, 0.4) is 0 Å². The van der Waals surface area contributed by atoms with Crippen LogP contribution < -0.4 is 15.4 Å². The zero-order valence-corrected chi connectivity index (χ0v) is 21.4. The van der Waals surface area contributed by atoms with E-state index in [0.717, 1.165) is 18.4 Å². The van der Waals surface area contributed by atoms with Crippen molar-refractivity contribution in [2.75, 3.05) is 13.2 Å². The third kappa shape index (κ3) is 4.78. The van der Waals surface area contributed by atoms with Crippen LogP contribution in [0.25, 0.3) is 0 Å². The smallest absolute Gasteiger partial charge is 0.226 e. The fourth-order valence-corrected chi connectivity index (χ4v) is 6.33. The number of carbonyl (C=O) groups excluding carboxylic acids is 2. The van der Waals surface area contributed by atoms with E-state index < -0.39 is 5.41 Å². The van der Waals surface area contributed by atoms with Gasteiger partial charge in [0.1, 0.15) is 12.4 Å². The molecule has 2 amide bonds. The molecule has 1 aliphatic carbocycles. The minimum atomic E-state index is -0.404. The highest BCUT2D eigenvalue weighted by Gasteiger charge is 2.57. The predicted molar refractivity (Wildman–Crippen MR) is 136 cm³/mol. The van der Waals surface area contributed by atoms with E-state index in [1.807, 2.05) is 37.3 Å². The Kier molecular flexibility index (Phi) is 7.44. The summed E-state index contributed by atoms with van der Waals surface area (Å²) < 4.78 is 5.80. The van der Waals surface area contributed by atoms with E-state index in [0.29, 0.717) is 35.4 Å². The molecule has 2 fully saturated rings. The van der Waals surface area contributed by atoms with Gasteiger partial charge in [-0.25, -0.2) is 0 Å². The van der Waals surface area contributed by atoms with E-state index in [4.69, 9.17) is 27.9 Å². The summed E-state index contributed by atoms with van der Waals surface area (Å²) in [6.45, 7) is 6.86.